The summed E-state index contributed by atoms with van der Waals surface area (Å²) in [5.74, 6) is -0.828. The van der Waals surface area contributed by atoms with Crippen LogP contribution in [0.15, 0.2) is 168 Å². The van der Waals surface area contributed by atoms with Crippen molar-refractivity contribution in [1.29, 1.82) is 10.5 Å². The topological polar surface area (TPSA) is 275 Å². The van der Waals surface area contributed by atoms with Gasteiger partial charge in [-0.25, -0.2) is 26.8 Å². The lowest BCUT2D eigenvalue weighted by molar-refractivity contribution is 0.103. The molecule has 0 unspecified atom stereocenters. The van der Waals surface area contributed by atoms with Crippen LogP contribution in [-0.2, 0) is 20.0 Å². The second-order valence-corrected chi connectivity index (χ2v) is 18.0. The van der Waals surface area contributed by atoms with Crippen LogP contribution in [0.3, 0.4) is 0 Å². The molecule has 0 spiro atoms. The molecule has 0 fully saturated rings. The third kappa shape index (κ3) is 8.79. The number of aromatic hydroxyl groups is 2. The highest BCUT2D eigenvalue weighted by atomic mass is 32.2. The lowest BCUT2D eigenvalue weighted by Gasteiger charge is -2.13. The molecule has 2 aromatic heterocycles. The maximum Gasteiger partial charge on any atom is 0.261 e. The predicted octanol–water partition coefficient (Wildman–Crippen LogP) is 8.30. The number of para-hydroxylation sites is 2. The highest BCUT2D eigenvalue weighted by Crippen LogP contribution is 2.38. The fourth-order valence-electron chi connectivity index (χ4n) is 7.11. The summed E-state index contributed by atoms with van der Waals surface area (Å²) in [4.78, 5) is 22.0. The molecule has 0 saturated heterocycles. The van der Waals surface area contributed by atoms with E-state index in [2.05, 4.69) is 19.4 Å². The van der Waals surface area contributed by atoms with E-state index < -0.39 is 25.8 Å². The molecular weight excluding hydrogens is 877 g/mol. The number of hydrogen-bond acceptors (Lipinski definition) is 13. The van der Waals surface area contributed by atoms with Gasteiger partial charge in [-0.15, -0.1) is 0 Å². The molecule has 0 aliphatic heterocycles. The number of sulfonamides is 2. The van der Waals surface area contributed by atoms with E-state index in [1.807, 2.05) is 12.1 Å². The Hall–Kier alpha value is -9.03. The maximum atomic E-state index is 13.7. The number of pyridine rings is 2. The fourth-order valence-corrected chi connectivity index (χ4v) is 9.32. The maximum absolute atomic E-state index is 13.7. The third-order valence-corrected chi connectivity index (χ3v) is 13.1. The van der Waals surface area contributed by atoms with Crippen LogP contribution in [0.4, 0.5) is 23.0 Å². The Labute approximate surface area is 378 Å². The van der Waals surface area contributed by atoms with Gasteiger partial charge in [-0.3, -0.25) is 14.2 Å². The van der Waals surface area contributed by atoms with Crippen molar-refractivity contribution in [2.75, 3.05) is 20.9 Å². The summed E-state index contributed by atoms with van der Waals surface area (Å²) in [5.41, 5.74) is 16.1. The first kappa shape index (κ1) is 43.6. The second-order valence-electron chi connectivity index (χ2n) is 14.6. The summed E-state index contributed by atoms with van der Waals surface area (Å²) < 4.78 is 59.3. The van der Waals surface area contributed by atoms with Gasteiger partial charge < -0.3 is 21.7 Å². The standard InChI is InChI=1S/C49H34N8O7S2/c50-27-41-39(37-11-1-3-13-45(37)58)25-43(54-48(41)52)29-15-19-33(20-16-29)56-65(61,62)35-9-5-7-31(23-35)47(60)32-8-6-10-36(24-32)66(63,64)57-34-21-17-30(18-22-34)44-26-40(42(28-51)49(53)55-44)38-12-2-4-14-46(38)59/h1-26,56-59H,(H2,52,54)(H2,53,55). The monoisotopic (exact) mass is 910 g/mol. The molecule has 0 aliphatic rings. The number of rotatable bonds is 12. The number of benzene rings is 6. The Morgan fingerprint density at radius 1 is 0.500 bits per heavy atom. The lowest BCUT2D eigenvalue weighted by Crippen LogP contribution is -2.15. The van der Waals surface area contributed by atoms with E-state index in [9.17, 15) is 42.4 Å². The van der Waals surface area contributed by atoms with Crippen LogP contribution in [0.25, 0.3) is 44.8 Å². The number of ketones is 1. The van der Waals surface area contributed by atoms with Crippen LogP contribution < -0.4 is 20.9 Å². The molecule has 0 amide bonds. The van der Waals surface area contributed by atoms with E-state index in [1.165, 1.54) is 84.9 Å². The zero-order valence-electron chi connectivity index (χ0n) is 34.2. The summed E-state index contributed by atoms with van der Waals surface area (Å²) in [6, 6.07) is 43.3. The lowest BCUT2D eigenvalue weighted by atomic mass is 9.97. The Kier molecular flexibility index (Phi) is 11.6. The van der Waals surface area contributed by atoms with Gasteiger partial charge in [0.15, 0.2) is 5.78 Å². The Morgan fingerprint density at radius 3 is 1.24 bits per heavy atom. The molecule has 66 heavy (non-hydrogen) atoms. The minimum atomic E-state index is -4.24. The number of aromatic nitrogens is 2. The van der Waals surface area contributed by atoms with Crippen molar-refractivity contribution < 1.29 is 31.8 Å². The first-order valence-corrected chi connectivity index (χ1v) is 22.6. The molecule has 17 heteroatoms. The molecule has 324 valence electrons. The summed E-state index contributed by atoms with van der Waals surface area (Å²) >= 11 is 0. The van der Waals surface area contributed by atoms with Crippen LogP contribution in [0, 0.1) is 22.7 Å². The first-order valence-electron chi connectivity index (χ1n) is 19.6. The molecule has 8 rings (SSSR count). The molecule has 8 aromatic rings. The fraction of sp³-hybridized carbons (Fsp3) is 0. The predicted molar refractivity (Wildman–Crippen MR) is 250 cm³/mol. The number of nitrogens with zero attached hydrogens (tertiary/aromatic N) is 4. The van der Waals surface area contributed by atoms with Gasteiger partial charge in [0.2, 0.25) is 0 Å². The minimum Gasteiger partial charge on any atom is -0.507 e. The number of carbonyl (C=O) groups is 1. The largest absolute Gasteiger partial charge is 0.507 e. The number of nitrogens with two attached hydrogens (primary N) is 2. The SMILES string of the molecule is N#Cc1c(-c2ccccc2O)cc(-c2ccc(NS(=O)(=O)c3cccc(C(=O)c4cccc(S(=O)(=O)Nc5ccc(-c6cc(-c7ccccc7O)c(C#N)c(N)n6)cc5)c4)c3)cc2)nc1N. The zero-order valence-corrected chi connectivity index (χ0v) is 35.8. The van der Waals surface area contributed by atoms with Crippen molar-refractivity contribution >= 4 is 48.8 Å². The van der Waals surface area contributed by atoms with E-state index in [0.717, 1.165) is 0 Å². The highest BCUT2D eigenvalue weighted by Gasteiger charge is 2.22. The number of phenolic OH excluding ortho intramolecular Hbond substituents is 2. The molecule has 8 N–H and O–H groups in total. The normalized spacial score (nSPS) is 11.2. The van der Waals surface area contributed by atoms with Crippen molar-refractivity contribution in [2.24, 2.45) is 0 Å². The molecule has 15 nitrogen and oxygen atoms in total. The molecule has 2 heterocycles. The van der Waals surface area contributed by atoms with E-state index in [-0.39, 0.29) is 66.6 Å². The zero-order chi connectivity index (χ0) is 46.8. The van der Waals surface area contributed by atoms with Gasteiger partial charge in [0.05, 0.1) is 21.2 Å². The number of nitrogens with one attached hydrogen (secondary N) is 2. The number of anilines is 4. The van der Waals surface area contributed by atoms with E-state index in [0.29, 0.717) is 44.8 Å². The van der Waals surface area contributed by atoms with Crippen LogP contribution in [-0.4, -0.2) is 42.8 Å². The quantitative estimate of drug-likeness (QED) is 0.0630. The smallest absolute Gasteiger partial charge is 0.261 e. The van der Waals surface area contributed by atoms with Gasteiger partial charge in [-0.1, -0.05) is 84.9 Å². The van der Waals surface area contributed by atoms with E-state index in [4.69, 9.17) is 11.5 Å². The van der Waals surface area contributed by atoms with Gasteiger partial charge >= 0.3 is 0 Å². The van der Waals surface area contributed by atoms with E-state index in [1.54, 1.807) is 72.8 Å². The van der Waals surface area contributed by atoms with Gasteiger partial charge in [0, 0.05) is 55.9 Å². The molecular formula is C49H34N8O7S2. The summed E-state index contributed by atoms with van der Waals surface area (Å²) in [5, 5.41) is 40.4. The average Bonchev–Trinajstić information content (AvgIpc) is 3.31. The molecule has 6 aromatic carbocycles. The van der Waals surface area contributed by atoms with Gasteiger partial charge in [0.25, 0.3) is 20.0 Å². The number of nitrogen functional groups attached to an aromatic ring is 2. The van der Waals surface area contributed by atoms with Crippen molar-refractivity contribution in [2.45, 2.75) is 9.79 Å². The highest BCUT2D eigenvalue weighted by molar-refractivity contribution is 7.93. The Balaban J connectivity index is 0.971. The summed E-state index contributed by atoms with van der Waals surface area (Å²) in [6.45, 7) is 0. The van der Waals surface area contributed by atoms with Crippen molar-refractivity contribution in [3.63, 3.8) is 0 Å². The number of nitriles is 2. The molecule has 0 atom stereocenters. The van der Waals surface area contributed by atoms with Crippen LogP contribution in [0.5, 0.6) is 11.5 Å². The summed E-state index contributed by atoms with van der Waals surface area (Å²) in [7, 11) is -8.48. The Bertz CT molecular complexity index is 3320. The average molecular weight is 911 g/mol. The minimum absolute atomic E-state index is 0.0151. The van der Waals surface area contributed by atoms with Crippen molar-refractivity contribution in [1.82, 2.24) is 9.97 Å². The molecule has 0 aliphatic carbocycles. The number of carbonyl (C=O) groups excluding carboxylic acids is 1. The second kappa shape index (κ2) is 17.6. The number of hydrogen-bond donors (Lipinski definition) is 6. The third-order valence-electron chi connectivity index (χ3n) is 10.4. The van der Waals surface area contributed by atoms with Crippen LogP contribution >= 0.6 is 0 Å². The van der Waals surface area contributed by atoms with Gasteiger partial charge in [-0.2, -0.15) is 10.5 Å². The first-order chi connectivity index (χ1) is 31.6. The molecule has 0 saturated carbocycles. The van der Waals surface area contributed by atoms with Crippen molar-refractivity contribution in [3.05, 3.63) is 180 Å². The molecule has 0 bridgehead atoms. The summed E-state index contributed by atoms with van der Waals surface area (Å²) in [6.07, 6.45) is 0. The Morgan fingerprint density at radius 2 is 0.879 bits per heavy atom. The van der Waals surface area contributed by atoms with Crippen LogP contribution in [0.2, 0.25) is 0 Å². The molecule has 0 radical (unpaired) electrons. The van der Waals surface area contributed by atoms with E-state index >= 15 is 0 Å². The van der Waals surface area contributed by atoms with Crippen molar-refractivity contribution in [3.8, 4) is 68.4 Å². The van der Waals surface area contributed by atoms with Gasteiger partial charge in [-0.05, 0) is 72.8 Å². The number of phenols is 2. The van der Waals surface area contributed by atoms with Gasteiger partial charge in [0.1, 0.15) is 46.4 Å². The van der Waals surface area contributed by atoms with Crippen LogP contribution in [0.1, 0.15) is 27.0 Å².